The lowest BCUT2D eigenvalue weighted by Crippen LogP contribution is -2.14. The molecule has 16 heavy (non-hydrogen) atoms. The molecule has 0 fully saturated rings. The summed E-state index contributed by atoms with van der Waals surface area (Å²) >= 11 is 0. The van der Waals surface area contributed by atoms with E-state index in [0.29, 0.717) is 18.3 Å². The average molecular weight is 231 g/mol. The molecule has 0 aromatic carbocycles. The van der Waals surface area contributed by atoms with Gasteiger partial charge in [-0.3, -0.25) is 4.79 Å². The first-order chi connectivity index (χ1) is 7.58. The number of carboxylic acid groups (broad SMARTS) is 1. The number of carbonyl (C=O) groups is 1. The third kappa shape index (κ3) is 18.8. The number of nitrogens with two attached hydrogens (primary N) is 2. The zero-order valence-electron chi connectivity index (χ0n) is 10.1. The van der Waals surface area contributed by atoms with Gasteiger partial charge in [0.1, 0.15) is 0 Å². The van der Waals surface area contributed by atoms with Crippen LogP contribution in [0.15, 0.2) is 0 Å². The fourth-order valence-corrected chi connectivity index (χ4v) is 1.26. The molecule has 1 unspecified atom stereocenters. The van der Waals surface area contributed by atoms with E-state index >= 15 is 0 Å². The molecule has 0 saturated carbocycles. The molecule has 0 aromatic rings. The monoisotopic (exact) mass is 231 g/mol. The van der Waals surface area contributed by atoms with Crippen LogP contribution in [-0.2, 0) is 4.79 Å². The highest BCUT2D eigenvalue weighted by Crippen LogP contribution is 2.06. The largest absolute Gasteiger partial charge is 0.483 e. The minimum atomic E-state index is -0.250. The molecule has 0 aliphatic rings. The molecule has 0 saturated heterocycles. The van der Waals surface area contributed by atoms with Gasteiger partial charge in [-0.25, -0.2) is 0 Å². The molecular weight excluding hydrogens is 206 g/mol. The summed E-state index contributed by atoms with van der Waals surface area (Å²) in [5.74, 6) is 0. The SMILES string of the molecule is CC(N)CCCCCCC(=N)CN.O=CO. The normalized spacial score (nSPS) is 11.2. The van der Waals surface area contributed by atoms with Gasteiger partial charge in [-0.2, -0.15) is 0 Å². The fourth-order valence-electron chi connectivity index (χ4n) is 1.26. The van der Waals surface area contributed by atoms with Crippen LogP contribution in [0.4, 0.5) is 0 Å². The lowest BCUT2D eigenvalue weighted by molar-refractivity contribution is -0.122. The Kier molecular flexibility index (Phi) is 15.3. The number of rotatable bonds is 8. The van der Waals surface area contributed by atoms with Gasteiger partial charge in [0.05, 0.1) is 0 Å². The number of unbranched alkanes of at least 4 members (excludes halogenated alkanes) is 3. The second kappa shape index (κ2) is 14.1. The molecule has 5 heteroatoms. The van der Waals surface area contributed by atoms with Gasteiger partial charge in [0.25, 0.3) is 6.47 Å². The Morgan fingerprint density at radius 3 is 2.31 bits per heavy atom. The molecular formula is C11H25N3O2. The zero-order valence-corrected chi connectivity index (χ0v) is 10.1. The molecule has 0 aromatic heterocycles. The van der Waals surface area contributed by atoms with E-state index in [2.05, 4.69) is 0 Å². The molecule has 0 rings (SSSR count). The Hall–Kier alpha value is -0.940. The van der Waals surface area contributed by atoms with E-state index in [-0.39, 0.29) is 6.47 Å². The van der Waals surface area contributed by atoms with Gasteiger partial charge in [0.15, 0.2) is 0 Å². The van der Waals surface area contributed by atoms with Crippen molar-refractivity contribution >= 4 is 12.2 Å². The van der Waals surface area contributed by atoms with Crippen LogP contribution < -0.4 is 11.5 Å². The standard InChI is InChI=1S/C10H23N3.CH2O2/c1-9(12)6-4-2-3-5-7-10(13)8-11;2-1-3/h9,13H,2-8,11-12H2,1H3;1H,(H,2,3). The van der Waals surface area contributed by atoms with Crippen molar-refractivity contribution in [3.05, 3.63) is 0 Å². The van der Waals surface area contributed by atoms with Gasteiger partial charge in [-0.1, -0.05) is 19.3 Å². The summed E-state index contributed by atoms with van der Waals surface area (Å²) in [5, 5.41) is 14.2. The molecule has 0 bridgehead atoms. The molecule has 0 heterocycles. The first-order valence-corrected chi connectivity index (χ1v) is 5.68. The van der Waals surface area contributed by atoms with Gasteiger partial charge >= 0.3 is 0 Å². The van der Waals surface area contributed by atoms with Gasteiger partial charge in [0, 0.05) is 18.3 Å². The van der Waals surface area contributed by atoms with Crippen molar-refractivity contribution in [1.82, 2.24) is 0 Å². The second-order valence-electron chi connectivity index (χ2n) is 3.84. The minimum Gasteiger partial charge on any atom is -0.483 e. The first kappa shape index (κ1) is 17.5. The van der Waals surface area contributed by atoms with E-state index in [1.165, 1.54) is 19.3 Å². The van der Waals surface area contributed by atoms with Crippen LogP contribution in [0.25, 0.3) is 0 Å². The Bertz CT molecular complexity index is 173. The molecule has 1 atom stereocenters. The maximum atomic E-state index is 8.36. The number of hydrogen-bond donors (Lipinski definition) is 4. The molecule has 0 radical (unpaired) electrons. The second-order valence-corrected chi connectivity index (χ2v) is 3.84. The summed E-state index contributed by atoms with van der Waals surface area (Å²) in [4.78, 5) is 8.36. The third-order valence-electron chi connectivity index (χ3n) is 2.13. The Labute approximate surface area is 97.7 Å². The first-order valence-electron chi connectivity index (χ1n) is 5.68. The summed E-state index contributed by atoms with van der Waals surface area (Å²) in [5.41, 5.74) is 11.6. The molecule has 96 valence electrons. The lowest BCUT2D eigenvalue weighted by atomic mass is 10.1. The highest BCUT2D eigenvalue weighted by Gasteiger charge is 1.96. The predicted molar refractivity (Wildman–Crippen MR) is 66.8 cm³/mol. The van der Waals surface area contributed by atoms with Crippen LogP contribution in [0.1, 0.15) is 45.4 Å². The summed E-state index contributed by atoms with van der Waals surface area (Å²) in [6.07, 6.45) is 6.75. The fraction of sp³-hybridized carbons (Fsp3) is 0.818. The van der Waals surface area contributed by atoms with E-state index in [1.54, 1.807) is 0 Å². The van der Waals surface area contributed by atoms with Crippen molar-refractivity contribution in [3.63, 3.8) is 0 Å². The van der Waals surface area contributed by atoms with E-state index in [0.717, 1.165) is 19.3 Å². The van der Waals surface area contributed by atoms with Crippen molar-refractivity contribution < 1.29 is 9.90 Å². The highest BCUT2D eigenvalue weighted by molar-refractivity contribution is 5.82. The van der Waals surface area contributed by atoms with Crippen LogP contribution in [0.3, 0.4) is 0 Å². The quantitative estimate of drug-likeness (QED) is 0.287. The van der Waals surface area contributed by atoms with E-state index in [1.807, 2.05) is 6.92 Å². The highest BCUT2D eigenvalue weighted by atomic mass is 16.3. The van der Waals surface area contributed by atoms with Crippen LogP contribution in [-0.4, -0.2) is 29.9 Å². The van der Waals surface area contributed by atoms with Crippen LogP contribution in [0.2, 0.25) is 0 Å². The van der Waals surface area contributed by atoms with Crippen molar-refractivity contribution in [2.45, 2.75) is 51.5 Å². The molecule has 0 spiro atoms. The minimum absolute atomic E-state index is 0.250. The molecule has 5 nitrogen and oxygen atoms in total. The maximum Gasteiger partial charge on any atom is 0.290 e. The predicted octanol–water partition coefficient (Wildman–Crippen LogP) is 1.35. The van der Waals surface area contributed by atoms with Crippen molar-refractivity contribution in [2.24, 2.45) is 11.5 Å². The van der Waals surface area contributed by atoms with Crippen LogP contribution >= 0.6 is 0 Å². The van der Waals surface area contributed by atoms with Gasteiger partial charge in [-0.15, -0.1) is 0 Å². The van der Waals surface area contributed by atoms with Crippen LogP contribution in [0.5, 0.6) is 0 Å². The molecule has 0 aliphatic heterocycles. The topological polar surface area (TPSA) is 113 Å². The lowest BCUT2D eigenvalue weighted by Gasteiger charge is -2.04. The summed E-state index contributed by atoms with van der Waals surface area (Å²) in [7, 11) is 0. The van der Waals surface area contributed by atoms with E-state index in [9.17, 15) is 0 Å². The average Bonchev–Trinajstić information content (AvgIpc) is 2.23. The Morgan fingerprint density at radius 1 is 1.38 bits per heavy atom. The zero-order chi connectivity index (χ0) is 12.8. The maximum absolute atomic E-state index is 8.36. The summed E-state index contributed by atoms with van der Waals surface area (Å²) in [6.45, 7) is 2.21. The number of nitrogens with one attached hydrogen (secondary N) is 1. The summed E-state index contributed by atoms with van der Waals surface area (Å²) in [6, 6.07) is 0.336. The smallest absolute Gasteiger partial charge is 0.290 e. The molecule has 6 N–H and O–H groups in total. The van der Waals surface area contributed by atoms with Gasteiger partial charge in [-0.05, 0) is 26.2 Å². The van der Waals surface area contributed by atoms with Gasteiger partial charge in [0.2, 0.25) is 0 Å². The molecule has 0 amide bonds. The Morgan fingerprint density at radius 2 is 1.88 bits per heavy atom. The van der Waals surface area contributed by atoms with Crippen molar-refractivity contribution in [3.8, 4) is 0 Å². The van der Waals surface area contributed by atoms with Gasteiger partial charge < -0.3 is 22.0 Å². The van der Waals surface area contributed by atoms with E-state index < -0.39 is 0 Å². The van der Waals surface area contributed by atoms with Crippen molar-refractivity contribution in [1.29, 1.82) is 5.41 Å². The van der Waals surface area contributed by atoms with E-state index in [4.69, 9.17) is 26.8 Å². The van der Waals surface area contributed by atoms with Crippen LogP contribution in [0, 0.1) is 5.41 Å². The Balaban J connectivity index is 0. The summed E-state index contributed by atoms with van der Waals surface area (Å²) < 4.78 is 0. The third-order valence-corrected chi connectivity index (χ3v) is 2.13. The van der Waals surface area contributed by atoms with Crippen molar-refractivity contribution in [2.75, 3.05) is 6.54 Å². The molecule has 0 aliphatic carbocycles. The number of hydrogen-bond acceptors (Lipinski definition) is 4.